The van der Waals surface area contributed by atoms with Gasteiger partial charge in [0.25, 0.3) is 5.91 Å². The van der Waals surface area contributed by atoms with Crippen LogP contribution in [0, 0.1) is 5.82 Å². The van der Waals surface area contributed by atoms with Crippen molar-refractivity contribution in [1.82, 2.24) is 0 Å². The molecule has 0 saturated heterocycles. The number of amides is 1. The molecule has 0 aliphatic carbocycles. The van der Waals surface area contributed by atoms with Crippen molar-refractivity contribution in [2.45, 2.75) is 0 Å². The Labute approximate surface area is 127 Å². The number of anilines is 1. The first-order valence-corrected chi connectivity index (χ1v) is 6.75. The van der Waals surface area contributed by atoms with E-state index in [1.807, 2.05) is 0 Å². The van der Waals surface area contributed by atoms with E-state index in [-0.39, 0.29) is 21.3 Å². The average molecular weight is 363 g/mol. The number of rotatable bonds is 2. The van der Waals surface area contributed by atoms with Gasteiger partial charge in [0, 0.05) is 4.47 Å². The van der Waals surface area contributed by atoms with Gasteiger partial charge < -0.3 is 5.32 Å². The molecular weight excluding hydrogens is 356 g/mol. The molecule has 1 N–H and O–H groups in total. The van der Waals surface area contributed by atoms with E-state index in [2.05, 4.69) is 21.2 Å². The van der Waals surface area contributed by atoms with Crippen LogP contribution in [-0.2, 0) is 0 Å². The zero-order valence-electron chi connectivity index (χ0n) is 9.38. The predicted octanol–water partition coefficient (Wildman–Crippen LogP) is 5.15. The van der Waals surface area contributed by atoms with Gasteiger partial charge >= 0.3 is 0 Å². The molecule has 0 spiro atoms. The normalized spacial score (nSPS) is 10.3. The monoisotopic (exact) mass is 361 g/mol. The minimum atomic E-state index is -0.605. The second kappa shape index (κ2) is 5.90. The maximum Gasteiger partial charge on any atom is 0.257 e. The molecular formula is C13H7BrCl2FNO. The number of benzene rings is 2. The molecule has 6 heteroatoms. The maximum atomic E-state index is 13.6. The summed E-state index contributed by atoms with van der Waals surface area (Å²) in [5.41, 5.74) is 0.167. The Bertz CT molecular complexity index is 628. The molecule has 0 atom stereocenters. The van der Waals surface area contributed by atoms with E-state index in [9.17, 15) is 9.18 Å². The standard InChI is InChI=1S/C13H7BrCl2FNO/c14-8-4-1-3-7(11(8)16)13(19)18-12-9(15)5-2-6-10(12)17/h1-6H,(H,18,19). The van der Waals surface area contributed by atoms with Crippen molar-refractivity contribution in [3.05, 3.63) is 62.3 Å². The molecule has 2 nitrogen and oxygen atoms in total. The summed E-state index contributed by atoms with van der Waals surface area (Å²) in [5.74, 6) is -1.13. The van der Waals surface area contributed by atoms with E-state index in [1.54, 1.807) is 12.1 Å². The molecule has 19 heavy (non-hydrogen) atoms. The highest BCUT2D eigenvalue weighted by molar-refractivity contribution is 9.10. The van der Waals surface area contributed by atoms with Gasteiger partial charge in [-0.3, -0.25) is 4.79 Å². The van der Waals surface area contributed by atoms with Crippen molar-refractivity contribution in [1.29, 1.82) is 0 Å². The van der Waals surface area contributed by atoms with Crippen molar-refractivity contribution in [2.75, 3.05) is 5.32 Å². The third-order valence-corrected chi connectivity index (χ3v) is 4.01. The molecule has 0 radical (unpaired) electrons. The highest BCUT2D eigenvalue weighted by atomic mass is 79.9. The van der Waals surface area contributed by atoms with Gasteiger partial charge in [-0.25, -0.2) is 4.39 Å². The smallest absolute Gasteiger partial charge is 0.257 e. The molecule has 0 unspecified atom stereocenters. The average Bonchev–Trinajstić information content (AvgIpc) is 2.37. The van der Waals surface area contributed by atoms with E-state index >= 15 is 0 Å². The van der Waals surface area contributed by atoms with Crippen LogP contribution in [0.15, 0.2) is 40.9 Å². The van der Waals surface area contributed by atoms with E-state index in [0.29, 0.717) is 4.47 Å². The maximum absolute atomic E-state index is 13.6. The highest BCUT2D eigenvalue weighted by Gasteiger charge is 2.15. The molecule has 0 saturated carbocycles. The Balaban J connectivity index is 2.34. The number of para-hydroxylation sites is 1. The summed E-state index contributed by atoms with van der Waals surface area (Å²) in [7, 11) is 0. The Morgan fingerprint density at radius 1 is 1.16 bits per heavy atom. The fourth-order valence-electron chi connectivity index (χ4n) is 1.48. The van der Waals surface area contributed by atoms with Crippen LogP contribution < -0.4 is 5.32 Å². The molecule has 0 heterocycles. The topological polar surface area (TPSA) is 29.1 Å². The van der Waals surface area contributed by atoms with Crippen molar-refractivity contribution < 1.29 is 9.18 Å². The molecule has 98 valence electrons. The lowest BCUT2D eigenvalue weighted by Gasteiger charge is -2.09. The fraction of sp³-hybridized carbons (Fsp3) is 0. The summed E-state index contributed by atoms with van der Waals surface area (Å²) < 4.78 is 14.1. The number of carbonyl (C=O) groups is 1. The first-order valence-electron chi connectivity index (χ1n) is 5.20. The minimum Gasteiger partial charge on any atom is -0.318 e. The largest absolute Gasteiger partial charge is 0.318 e. The third-order valence-electron chi connectivity index (χ3n) is 2.40. The quantitative estimate of drug-likeness (QED) is 0.786. The van der Waals surface area contributed by atoms with Crippen LogP contribution in [0.1, 0.15) is 10.4 Å². The lowest BCUT2D eigenvalue weighted by molar-refractivity contribution is 0.102. The van der Waals surface area contributed by atoms with Crippen LogP contribution in [-0.4, -0.2) is 5.91 Å². The fourth-order valence-corrected chi connectivity index (χ4v) is 2.27. The Kier molecular flexibility index (Phi) is 4.45. The van der Waals surface area contributed by atoms with Crippen LogP contribution >= 0.6 is 39.1 Å². The molecule has 2 rings (SSSR count). The van der Waals surface area contributed by atoms with Gasteiger partial charge in [0.15, 0.2) is 0 Å². The Morgan fingerprint density at radius 3 is 2.53 bits per heavy atom. The van der Waals surface area contributed by atoms with Gasteiger partial charge in [0.05, 0.1) is 21.3 Å². The highest BCUT2D eigenvalue weighted by Crippen LogP contribution is 2.29. The van der Waals surface area contributed by atoms with Crippen LogP contribution in [0.5, 0.6) is 0 Å². The summed E-state index contributed by atoms with van der Waals surface area (Å²) >= 11 is 15.1. The minimum absolute atomic E-state index is 0.0646. The van der Waals surface area contributed by atoms with Crippen LogP contribution in [0.4, 0.5) is 10.1 Å². The zero-order valence-corrected chi connectivity index (χ0v) is 12.5. The van der Waals surface area contributed by atoms with E-state index in [0.717, 1.165) is 0 Å². The zero-order chi connectivity index (χ0) is 14.0. The molecule has 1 amide bonds. The van der Waals surface area contributed by atoms with Gasteiger partial charge in [-0.15, -0.1) is 0 Å². The molecule has 0 bridgehead atoms. The van der Waals surface area contributed by atoms with E-state index in [4.69, 9.17) is 23.2 Å². The third kappa shape index (κ3) is 3.08. The number of hydrogen-bond acceptors (Lipinski definition) is 1. The number of hydrogen-bond donors (Lipinski definition) is 1. The summed E-state index contributed by atoms with van der Waals surface area (Å²) in [4.78, 5) is 12.0. The van der Waals surface area contributed by atoms with E-state index < -0.39 is 11.7 Å². The van der Waals surface area contributed by atoms with Crippen molar-refractivity contribution in [2.24, 2.45) is 0 Å². The summed E-state index contributed by atoms with van der Waals surface area (Å²) in [5, 5.41) is 2.79. The van der Waals surface area contributed by atoms with Gasteiger partial charge in [-0.1, -0.05) is 35.3 Å². The summed E-state index contributed by atoms with van der Waals surface area (Å²) in [6, 6.07) is 9.06. The molecule has 0 fully saturated rings. The summed E-state index contributed by atoms with van der Waals surface area (Å²) in [6.07, 6.45) is 0. The second-order valence-corrected chi connectivity index (χ2v) is 5.29. The first kappa shape index (κ1) is 14.3. The number of carbonyl (C=O) groups excluding carboxylic acids is 1. The summed E-state index contributed by atoms with van der Waals surface area (Å²) in [6.45, 7) is 0. The Hall–Kier alpha value is -1.10. The van der Waals surface area contributed by atoms with Crippen LogP contribution in [0.3, 0.4) is 0 Å². The lowest BCUT2D eigenvalue weighted by Crippen LogP contribution is -2.14. The van der Waals surface area contributed by atoms with Crippen LogP contribution in [0.2, 0.25) is 10.0 Å². The second-order valence-electron chi connectivity index (χ2n) is 3.65. The van der Waals surface area contributed by atoms with E-state index in [1.165, 1.54) is 24.3 Å². The predicted molar refractivity (Wildman–Crippen MR) is 78.5 cm³/mol. The van der Waals surface area contributed by atoms with Gasteiger partial charge in [-0.05, 0) is 40.2 Å². The first-order chi connectivity index (χ1) is 9.00. The molecule has 0 aromatic heterocycles. The SMILES string of the molecule is O=C(Nc1c(F)cccc1Cl)c1cccc(Br)c1Cl. The van der Waals surface area contributed by atoms with Crippen molar-refractivity contribution in [3.63, 3.8) is 0 Å². The van der Waals surface area contributed by atoms with Gasteiger partial charge in [0.2, 0.25) is 0 Å². The molecule has 0 aliphatic rings. The van der Waals surface area contributed by atoms with Crippen molar-refractivity contribution in [3.8, 4) is 0 Å². The molecule has 2 aromatic carbocycles. The molecule has 2 aromatic rings. The Morgan fingerprint density at radius 2 is 1.84 bits per heavy atom. The van der Waals surface area contributed by atoms with Gasteiger partial charge in [0.1, 0.15) is 5.82 Å². The van der Waals surface area contributed by atoms with Crippen molar-refractivity contribution >= 4 is 50.7 Å². The lowest BCUT2D eigenvalue weighted by atomic mass is 10.2. The number of nitrogens with one attached hydrogen (secondary N) is 1. The van der Waals surface area contributed by atoms with Gasteiger partial charge in [-0.2, -0.15) is 0 Å². The molecule has 0 aliphatic heterocycles. The van der Waals surface area contributed by atoms with Crippen LogP contribution in [0.25, 0.3) is 0 Å². The number of halogens is 4.